The number of rotatable bonds is 3. The number of nitrogens with zero attached hydrogens (tertiary/aromatic N) is 3. The SMILES string of the molecule is CCC1(C(=O)Nc2nn(C)cc2C#N)CCCC1. The Morgan fingerprint density at radius 3 is 2.83 bits per heavy atom. The van der Waals surface area contributed by atoms with Gasteiger partial charge in [0.25, 0.3) is 0 Å². The zero-order valence-corrected chi connectivity index (χ0v) is 10.9. The van der Waals surface area contributed by atoms with Gasteiger partial charge in [0.15, 0.2) is 5.82 Å². The van der Waals surface area contributed by atoms with Gasteiger partial charge in [-0.25, -0.2) is 0 Å². The van der Waals surface area contributed by atoms with Crippen LogP contribution in [-0.4, -0.2) is 15.7 Å². The first kappa shape index (κ1) is 12.6. The van der Waals surface area contributed by atoms with Crippen LogP contribution in [0.4, 0.5) is 5.82 Å². The van der Waals surface area contributed by atoms with Crippen LogP contribution < -0.4 is 5.32 Å². The van der Waals surface area contributed by atoms with Crippen LogP contribution in [0.15, 0.2) is 6.20 Å². The first-order chi connectivity index (χ1) is 8.61. The topological polar surface area (TPSA) is 70.7 Å². The summed E-state index contributed by atoms with van der Waals surface area (Å²) in [6.45, 7) is 2.05. The minimum atomic E-state index is -0.260. The summed E-state index contributed by atoms with van der Waals surface area (Å²) in [6.07, 6.45) is 6.54. The van der Waals surface area contributed by atoms with Crippen molar-refractivity contribution in [3.05, 3.63) is 11.8 Å². The molecule has 0 aromatic carbocycles. The third kappa shape index (κ3) is 2.10. The Labute approximate surface area is 107 Å². The monoisotopic (exact) mass is 246 g/mol. The van der Waals surface area contributed by atoms with Gasteiger partial charge in [0.2, 0.25) is 5.91 Å². The third-order valence-electron chi connectivity index (χ3n) is 3.90. The molecule has 1 aromatic heterocycles. The summed E-state index contributed by atoms with van der Waals surface area (Å²) in [6, 6.07) is 2.04. The van der Waals surface area contributed by atoms with Crippen LogP contribution >= 0.6 is 0 Å². The fourth-order valence-electron chi connectivity index (χ4n) is 2.70. The highest BCUT2D eigenvalue weighted by Gasteiger charge is 2.39. The van der Waals surface area contributed by atoms with E-state index in [4.69, 9.17) is 5.26 Å². The van der Waals surface area contributed by atoms with E-state index in [1.165, 1.54) is 0 Å². The average molecular weight is 246 g/mol. The molecule has 1 N–H and O–H groups in total. The maximum absolute atomic E-state index is 12.4. The zero-order valence-electron chi connectivity index (χ0n) is 10.9. The lowest BCUT2D eigenvalue weighted by Gasteiger charge is -2.25. The highest BCUT2D eigenvalue weighted by molar-refractivity contribution is 5.95. The Morgan fingerprint density at radius 2 is 2.28 bits per heavy atom. The second kappa shape index (κ2) is 4.81. The zero-order chi connectivity index (χ0) is 13.2. The standard InChI is InChI=1S/C13H18N4O/c1-3-13(6-4-5-7-13)12(18)15-11-10(8-14)9-17(2)16-11/h9H,3-7H2,1-2H3,(H,15,16,18). The van der Waals surface area contributed by atoms with Crippen molar-refractivity contribution in [2.24, 2.45) is 12.5 Å². The van der Waals surface area contributed by atoms with Crippen LogP contribution in [0.2, 0.25) is 0 Å². The van der Waals surface area contributed by atoms with Crippen LogP contribution in [0.1, 0.15) is 44.6 Å². The lowest BCUT2D eigenvalue weighted by molar-refractivity contribution is -0.125. The molecule has 0 radical (unpaired) electrons. The number of aryl methyl sites for hydroxylation is 1. The fraction of sp³-hybridized carbons (Fsp3) is 0.615. The fourth-order valence-corrected chi connectivity index (χ4v) is 2.70. The van der Waals surface area contributed by atoms with Gasteiger partial charge in [-0.1, -0.05) is 19.8 Å². The first-order valence-corrected chi connectivity index (χ1v) is 6.36. The lowest BCUT2D eigenvalue weighted by Crippen LogP contribution is -2.33. The Kier molecular flexibility index (Phi) is 3.37. The number of carbonyl (C=O) groups is 1. The normalized spacial score (nSPS) is 17.4. The highest BCUT2D eigenvalue weighted by atomic mass is 16.2. The van der Waals surface area contributed by atoms with Gasteiger partial charge in [-0.05, 0) is 19.3 Å². The van der Waals surface area contributed by atoms with Gasteiger partial charge in [0.1, 0.15) is 11.6 Å². The molecular formula is C13H18N4O. The van der Waals surface area contributed by atoms with Crippen molar-refractivity contribution < 1.29 is 4.79 Å². The summed E-state index contributed by atoms with van der Waals surface area (Å²) >= 11 is 0. The Hall–Kier alpha value is -1.83. The number of carbonyl (C=O) groups excluding carboxylic acids is 1. The predicted octanol–water partition coefficient (Wildman–Crippen LogP) is 2.20. The van der Waals surface area contributed by atoms with E-state index < -0.39 is 0 Å². The molecule has 0 aliphatic heterocycles. The van der Waals surface area contributed by atoms with E-state index in [1.54, 1.807) is 17.9 Å². The van der Waals surface area contributed by atoms with Crippen molar-refractivity contribution in [1.29, 1.82) is 5.26 Å². The predicted molar refractivity (Wildman–Crippen MR) is 67.7 cm³/mol. The minimum absolute atomic E-state index is 0.0118. The Morgan fingerprint density at radius 1 is 1.61 bits per heavy atom. The molecule has 5 heteroatoms. The van der Waals surface area contributed by atoms with Crippen LogP contribution in [-0.2, 0) is 11.8 Å². The lowest BCUT2D eigenvalue weighted by atomic mass is 9.82. The molecule has 5 nitrogen and oxygen atoms in total. The molecule has 0 atom stereocenters. The Bertz CT molecular complexity index is 492. The molecule has 96 valence electrons. The van der Waals surface area contributed by atoms with Gasteiger partial charge < -0.3 is 5.32 Å². The van der Waals surface area contributed by atoms with Gasteiger partial charge in [0, 0.05) is 18.7 Å². The number of nitriles is 1. The van der Waals surface area contributed by atoms with Crippen LogP contribution in [0.3, 0.4) is 0 Å². The number of amides is 1. The molecule has 0 bridgehead atoms. The summed E-state index contributed by atoms with van der Waals surface area (Å²) in [5, 5.41) is 15.9. The van der Waals surface area contributed by atoms with Crippen LogP contribution in [0.25, 0.3) is 0 Å². The molecule has 18 heavy (non-hydrogen) atoms. The molecule has 0 saturated heterocycles. The number of hydrogen-bond donors (Lipinski definition) is 1. The molecule has 1 fully saturated rings. The molecule has 1 aliphatic carbocycles. The average Bonchev–Trinajstić information content (AvgIpc) is 2.96. The van der Waals surface area contributed by atoms with Crippen molar-refractivity contribution in [3.63, 3.8) is 0 Å². The molecule has 0 unspecified atom stereocenters. The van der Waals surface area contributed by atoms with Gasteiger partial charge in [0.05, 0.1) is 0 Å². The van der Waals surface area contributed by atoms with E-state index in [1.807, 2.05) is 6.07 Å². The second-order valence-corrected chi connectivity index (χ2v) is 4.97. The summed E-state index contributed by atoms with van der Waals surface area (Å²) in [4.78, 5) is 12.4. The number of aromatic nitrogens is 2. The molecule has 1 saturated carbocycles. The quantitative estimate of drug-likeness (QED) is 0.888. The third-order valence-corrected chi connectivity index (χ3v) is 3.90. The Balaban J connectivity index is 2.18. The van der Waals surface area contributed by atoms with Gasteiger partial charge in [-0.2, -0.15) is 10.4 Å². The summed E-state index contributed by atoms with van der Waals surface area (Å²) in [5.74, 6) is 0.391. The maximum atomic E-state index is 12.4. The van der Waals surface area contributed by atoms with Crippen LogP contribution in [0.5, 0.6) is 0 Å². The summed E-state index contributed by atoms with van der Waals surface area (Å²) in [7, 11) is 1.74. The van der Waals surface area contributed by atoms with Crippen LogP contribution in [0, 0.1) is 16.7 Å². The summed E-state index contributed by atoms with van der Waals surface area (Å²) < 4.78 is 1.54. The maximum Gasteiger partial charge on any atom is 0.231 e. The van der Waals surface area contributed by atoms with E-state index in [-0.39, 0.29) is 11.3 Å². The van der Waals surface area contributed by atoms with Gasteiger partial charge in [-0.3, -0.25) is 9.48 Å². The van der Waals surface area contributed by atoms with E-state index in [9.17, 15) is 4.79 Å². The van der Waals surface area contributed by atoms with Crippen molar-refractivity contribution in [2.75, 3.05) is 5.32 Å². The van der Waals surface area contributed by atoms with Crippen molar-refractivity contribution >= 4 is 11.7 Å². The van der Waals surface area contributed by atoms with Crippen molar-refractivity contribution in [1.82, 2.24) is 9.78 Å². The van der Waals surface area contributed by atoms with Crippen molar-refractivity contribution in [3.8, 4) is 6.07 Å². The second-order valence-electron chi connectivity index (χ2n) is 4.97. The molecular weight excluding hydrogens is 228 g/mol. The number of anilines is 1. The summed E-state index contributed by atoms with van der Waals surface area (Å²) in [5.41, 5.74) is 0.152. The van der Waals surface area contributed by atoms with E-state index in [2.05, 4.69) is 17.3 Å². The molecule has 1 heterocycles. The molecule has 0 spiro atoms. The van der Waals surface area contributed by atoms with Gasteiger partial charge in [-0.15, -0.1) is 0 Å². The first-order valence-electron chi connectivity index (χ1n) is 6.36. The molecule has 2 rings (SSSR count). The minimum Gasteiger partial charge on any atom is -0.308 e. The van der Waals surface area contributed by atoms with Crippen molar-refractivity contribution in [2.45, 2.75) is 39.0 Å². The molecule has 1 aliphatic rings. The van der Waals surface area contributed by atoms with E-state index >= 15 is 0 Å². The number of nitrogens with one attached hydrogen (secondary N) is 1. The molecule has 1 amide bonds. The smallest absolute Gasteiger partial charge is 0.231 e. The van der Waals surface area contributed by atoms with Gasteiger partial charge >= 0.3 is 0 Å². The largest absolute Gasteiger partial charge is 0.308 e. The van der Waals surface area contributed by atoms with E-state index in [0.717, 1.165) is 32.1 Å². The highest BCUT2D eigenvalue weighted by Crippen LogP contribution is 2.41. The number of hydrogen-bond acceptors (Lipinski definition) is 3. The molecule has 1 aromatic rings. The van der Waals surface area contributed by atoms with E-state index in [0.29, 0.717) is 11.4 Å².